The molecule has 0 aromatic heterocycles. The minimum absolute atomic E-state index is 0.0166. The first-order chi connectivity index (χ1) is 14.6. The molecule has 3 amide bonds. The van der Waals surface area contributed by atoms with Gasteiger partial charge in [0.15, 0.2) is 11.5 Å². The number of primary amides is 1. The number of nitrogens with zero attached hydrogens (tertiary/aromatic N) is 1. The van der Waals surface area contributed by atoms with Crippen LogP contribution >= 0.6 is 11.8 Å². The van der Waals surface area contributed by atoms with Gasteiger partial charge < -0.3 is 14.7 Å². The second kappa shape index (κ2) is 8.82. The molecule has 0 radical (unpaired) electrons. The van der Waals surface area contributed by atoms with Crippen molar-refractivity contribution in [2.75, 3.05) is 13.7 Å². The second-order valence-electron chi connectivity index (χ2n) is 6.46. The summed E-state index contributed by atoms with van der Waals surface area (Å²) in [7, 11) is -2.87. The summed E-state index contributed by atoms with van der Waals surface area (Å²) in [6, 6.07) is 10.7. The minimum atomic E-state index is -4.21. The number of para-hydroxylation sites is 1. The molecule has 11 heteroatoms. The van der Waals surface area contributed by atoms with Gasteiger partial charge in [-0.1, -0.05) is 29.8 Å². The van der Waals surface area contributed by atoms with Crippen LogP contribution in [0.3, 0.4) is 0 Å². The quantitative estimate of drug-likeness (QED) is 0.489. The normalized spacial score (nSPS) is 15.4. The van der Waals surface area contributed by atoms with E-state index in [1.165, 1.54) is 37.5 Å². The van der Waals surface area contributed by atoms with Crippen molar-refractivity contribution in [3.63, 3.8) is 0 Å². The van der Waals surface area contributed by atoms with E-state index in [1.54, 1.807) is 18.2 Å². The third-order valence-corrected chi connectivity index (χ3v) is 6.35. The third-order valence-electron chi connectivity index (χ3n) is 4.21. The molecule has 0 unspecified atom stereocenters. The van der Waals surface area contributed by atoms with Crippen LogP contribution in [0.4, 0.5) is 4.79 Å². The molecule has 2 N–H and O–H groups in total. The van der Waals surface area contributed by atoms with Gasteiger partial charge in [-0.25, -0.2) is 0 Å². The van der Waals surface area contributed by atoms with Crippen LogP contribution < -0.4 is 14.7 Å². The average Bonchev–Trinajstić information content (AvgIpc) is 2.96. The number of imide groups is 1. The molecule has 0 spiro atoms. The first-order valence-corrected chi connectivity index (χ1v) is 11.1. The van der Waals surface area contributed by atoms with Crippen molar-refractivity contribution in [1.82, 2.24) is 4.90 Å². The van der Waals surface area contributed by atoms with Crippen molar-refractivity contribution in [3.8, 4) is 11.5 Å². The predicted molar refractivity (Wildman–Crippen MR) is 114 cm³/mol. The number of carbonyl (C=O) groups is 3. The van der Waals surface area contributed by atoms with Crippen LogP contribution in [-0.2, 0) is 19.7 Å². The van der Waals surface area contributed by atoms with Crippen LogP contribution in [-0.4, -0.2) is 44.0 Å². The Morgan fingerprint density at radius 2 is 1.84 bits per heavy atom. The fraction of sp³-hybridized carbons (Fsp3) is 0.150. The van der Waals surface area contributed by atoms with E-state index >= 15 is 0 Å². The largest absolute Gasteiger partial charge is 0.493 e. The molecule has 1 saturated heterocycles. The number of amides is 3. The first kappa shape index (κ1) is 22.4. The Morgan fingerprint density at radius 3 is 2.45 bits per heavy atom. The van der Waals surface area contributed by atoms with E-state index in [9.17, 15) is 22.8 Å². The maximum Gasteiger partial charge on any atom is 0.339 e. The highest BCUT2D eigenvalue weighted by Gasteiger charge is 2.36. The Morgan fingerprint density at radius 1 is 1.16 bits per heavy atom. The van der Waals surface area contributed by atoms with Crippen molar-refractivity contribution in [2.24, 2.45) is 5.73 Å². The van der Waals surface area contributed by atoms with Crippen molar-refractivity contribution in [3.05, 3.63) is 58.5 Å². The van der Waals surface area contributed by atoms with E-state index in [0.717, 1.165) is 5.56 Å². The van der Waals surface area contributed by atoms with Crippen LogP contribution in [0.2, 0.25) is 0 Å². The predicted octanol–water partition coefficient (Wildman–Crippen LogP) is 2.29. The zero-order chi connectivity index (χ0) is 22.8. The number of aryl methyl sites for hydroxylation is 1. The molecule has 3 rings (SSSR count). The molecule has 1 fully saturated rings. The molecule has 1 aliphatic rings. The fourth-order valence-electron chi connectivity index (χ4n) is 2.69. The Bertz CT molecular complexity index is 1190. The molecular formula is C20H18N2O7S2. The van der Waals surface area contributed by atoms with Crippen molar-refractivity contribution in [1.29, 1.82) is 0 Å². The van der Waals surface area contributed by atoms with Gasteiger partial charge in [0.05, 0.1) is 12.0 Å². The topological polar surface area (TPSA) is 133 Å². The summed E-state index contributed by atoms with van der Waals surface area (Å²) in [6.45, 7) is 1.27. The number of methoxy groups -OCH3 is 1. The number of hydrogen-bond acceptors (Lipinski definition) is 8. The average molecular weight is 463 g/mol. The lowest BCUT2D eigenvalue weighted by molar-refractivity contribution is -0.127. The lowest BCUT2D eigenvalue weighted by Crippen LogP contribution is -2.36. The molecule has 1 heterocycles. The summed E-state index contributed by atoms with van der Waals surface area (Å²) in [4.78, 5) is 36.3. The van der Waals surface area contributed by atoms with Crippen molar-refractivity contribution >= 4 is 45.0 Å². The smallest absolute Gasteiger partial charge is 0.339 e. The fourth-order valence-corrected chi connectivity index (χ4v) is 4.49. The van der Waals surface area contributed by atoms with Crippen LogP contribution in [0, 0.1) is 6.92 Å². The number of nitrogens with two attached hydrogens (primary N) is 1. The number of carbonyl (C=O) groups excluding carboxylic acids is 3. The zero-order valence-corrected chi connectivity index (χ0v) is 18.2. The summed E-state index contributed by atoms with van der Waals surface area (Å²) >= 11 is 0.602. The summed E-state index contributed by atoms with van der Waals surface area (Å²) in [5.41, 5.74) is 6.15. The van der Waals surface area contributed by atoms with Gasteiger partial charge in [-0.2, -0.15) is 8.42 Å². The van der Waals surface area contributed by atoms with Crippen LogP contribution in [0.15, 0.2) is 52.3 Å². The van der Waals surface area contributed by atoms with Crippen molar-refractivity contribution in [2.45, 2.75) is 11.8 Å². The molecule has 0 saturated carbocycles. The van der Waals surface area contributed by atoms with E-state index in [2.05, 4.69) is 0 Å². The number of benzene rings is 2. The zero-order valence-electron chi connectivity index (χ0n) is 16.5. The molecule has 162 valence electrons. The van der Waals surface area contributed by atoms with Gasteiger partial charge in [0, 0.05) is 5.56 Å². The molecule has 0 bridgehead atoms. The van der Waals surface area contributed by atoms with Crippen LogP contribution in [0.1, 0.15) is 11.1 Å². The molecule has 2 aromatic carbocycles. The molecule has 1 aliphatic heterocycles. The number of thioether (sulfide) groups is 1. The molecule has 31 heavy (non-hydrogen) atoms. The molecule has 2 aromatic rings. The Labute approximate surface area is 182 Å². The van der Waals surface area contributed by atoms with Gasteiger partial charge in [0.1, 0.15) is 11.4 Å². The summed E-state index contributed by atoms with van der Waals surface area (Å²) in [5.74, 6) is -1.59. The van der Waals surface area contributed by atoms with E-state index in [1.807, 2.05) is 6.92 Å². The standard InChI is InChI=1S/C20H18N2O7S2/c1-12-6-8-14(9-7-12)31(26,27)29-18-13(4-3-5-15(18)28-2)10-16-19(24)22(11-17(21)23)20(25)30-16/h3-10H,11H2,1-2H3,(H2,21,23)/b16-10-. The molecule has 0 atom stereocenters. The maximum atomic E-state index is 12.8. The number of ether oxygens (including phenoxy) is 1. The Hall–Kier alpha value is -3.31. The van der Waals surface area contributed by atoms with E-state index in [-0.39, 0.29) is 26.9 Å². The molecular weight excluding hydrogens is 444 g/mol. The second-order valence-corrected chi connectivity index (χ2v) is 9.00. The molecule has 0 aliphatic carbocycles. The highest BCUT2D eigenvalue weighted by Crippen LogP contribution is 2.38. The summed E-state index contributed by atoms with van der Waals surface area (Å²) in [6.07, 6.45) is 1.30. The van der Waals surface area contributed by atoms with Gasteiger partial charge in [-0.3, -0.25) is 19.3 Å². The lowest BCUT2D eigenvalue weighted by atomic mass is 10.1. The van der Waals surface area contributed by atoms with Crippen LogP contribution in [0.25, 0.3) is 6.08 Å². The number of hydrogen-bond donors (Lipinski definition) is 1. The van der Waals surface area contributed by atoms with E-state index in [0.29, 0.717) is 16.7 Å². The van der Waals surface area contributed by atoms with Gasteiger partial charge in [-0.15, -0.1) is 0 Å². The van der Waals surface area contributed by atoms with E-state index in [4.69, 9.17) is 14.7 Å². The molecule has 9 nitrogen and oxygen atoms in total. The van der Waals surface area contributed by atoms with Gasteiger partial charge in [0.25, 0.3) is 11.1 Å². The third kappa shape index (κ3) is 4.89. The first-order valence-electron chi connectivity index (χ1n) is 8.84. The van der Waals surface area contributed by atoms with Gasteiger partial charge >= 0.3 is 10.1 Å². The highest BCUT2D eigenvalue weighted by atomic mass is 32.2. The Kier molecular flexibility index (Phi) is 6.37. The SMILES string of the molecule is COc1cccc(/C=C2\SC(=O)N(CC(N)=O)C2=O)c1OS(=O)(=O)c1ccc(C)cc1. The lowest BCUT2D eigenvalue weighted by Gasteiger charge is -2.14. The minimum Gasteiger partial charge on any atom is -0.493 e. The van der Waals surface area contributed by atoms with Gasteiger partial charge in [0.2, 0.25) is 5.91 Å². The van der Waals surface area contributed by atoms with Gasteiger partial charge in [-0.05, 0) is 43.0 Å². The van der Waals surface area contributed by atoms with Crippen LogP contribution in [0.5, 0.6) is 11.5 Å². The number of rotatable bonds is 7. The monoisotopic (exact) mass is 462 g/mol. The maximum absolute atomic E-state index is 12.8. The summed E-state index contributed by atoms with van der Waals surface area (Å²) < 4.78 is 36.1. The Balaban J connectivity index is 2.01. The summed E-state index contributed by atoms with van der Waals surface area (Å²) in [5, 5.41) is -0.660. The van der Waals surface area contributed by atoms with E-state index < -0.39 is 33.7 Å². The van der Waals surface area contributed by atoms with Crippen molar-refractivity contribution < 1.29 is 31.7 Å². The highest BCUT2D eigenvalue weighted by molar-refractivity contribution is 8.18.